The van der Waals surface area contributed by atoms with Gasteiger partial charge in [-0.25, -0.2) is 0 Å². The van der Waals surface area contributed by atoms with Crippen molar-refractivity contribution in [2.75, 3.05) is 7.11 Å². The van der Waals surface area contributed by atoms with Gasteiger partial charge in [0.25, 0.3) is 0 Å². The number of hydrogen-bond acceptors (Lipinski definition) is 2. The van der Waals surface area contributed by atoms with E-state index in [0.29, 0.717) is 5.92 Å². The van der Waals surface area contributed by atoms with Crippen molar-refractivity contribution in [2.24, 2.45) is 17.6 Å². The molecule has 2 rings (SSSR count). The maximum absolute atomic E-state index is 6.50. The lowest BCUT2D eigenvalue weighted by Gasteiger charge is -2.32. The Morgan fingerprint density at radius 1 is 1.30 bits per heavy atom. The Bertz CT molecular complexity index is 427. The lowest BCUT2D eigenvalue weighted by atomic mass is 9.75. The highest BCUT2D eigenvalue weighted by atomic mass is 35.5. The lowest BCUT2D eigenvalue weighted by molar-refractivity contribution is 0.232. The summed E-state index contributed by atoms with van der Waals surface area (Å²) >= 11 is 6.11. The third kappa shape index (κ3) is 3.67. The van der Waals surface area contributed by atoms with Crippen molar-refractivity contribution in [2.45, 2.75) is 51.5 Å². The van der Waals surface area contributed by atoms with E-state index < -0.39 is 0 Å². The Labute approximate surface area is 127 Å². The molecule has 0 aliphatic heterocycles. The molecule has 2 N–H and O–H groups in total. The molecule has 0 spiro atoms. The van der Waals surface area contributed by atoms with E-state index in [2.05, 4.69) is 6.92 Å². The summed E-state index contributed by atoms with van der Waals surface area (Å²) < 4.78 is 5.43. The molecule has 0 saturated heterocycles. The molecule has 0 aromatic heterocycles. The van der Waals surface area contributed by atoms with E-state index >= 15 is 0 Å². The van der Waals surface area contributed by atoms with Gasteiger partial charge in [-0.2, -0.15) is 0 Å². The molecule has 112 valence electrons. The Morgan fingerprint density at radius 3 is 2.60 bits per heavy atom. The lowest BCUT2D eigenvalue weighted by Crippen LogP contribution is -2.26. The van der Waals surface area contributed by atoms with Crippen molar-refractivity contribution in [3.05, 3.63) is 28.8 Å². The average Bonchev–Trinajstić information content (AvgIpc) is 2.47. The van der Waals surface area contributed by atoms with Gasteiger partial charge in [-0.3, -0.25) is 0 Å². The highest BCUT2D eigenvalue weighted by Crippen LogP contribution is 2.40. The molecule has 1 aromatic carbocycles. The second-order valence-corrected chi connectivity index (χ2v) is 6.42. The third-order valence-electron chi connectivity index (χ3n) is 4.65. The molecule has 0 bridgehead atoms. The molecule has 1 fully saturated rings. The highest BCUT2D eigenvalue weighted by Gasteiger charge is 2.27. The van der Waals surface area contributed by atoms with E-state index in [-0.39, 0.29) is 6.04 Å². The summed E-state index contributed by atoms with van der Waals surface area (Å²) in [4.78, 5) is 0. The van der Waals surface area contributed by atoms with E-state index in [9.17, 15) is 0 Å². The molecule has 20 heavy (non-hydrogen) atoms. The number of methoxy groups -OCH3 is 1. The Hall–Kier alpha value is -0.730. The molecule has 1 unspecified atom stereocenters. The van der Waals surface area contributed by atoms with Gasteiger partial charge in [0.1, 0.15) is 5.75 Å². The molecular weight excluding hydrogens is 270 g/mol. The summed E-state index contributed by atoms with van der Waals surface area (Å²) in [6.45, 7) is 2.27. The second kappa shape index (κ2) is 7.33. The monoisotopic (exact) mass is 295 g/mol. The van der Waals surface area contributed by atoms with Crippen LogP contribution in [0.25, 0.3) is 0 Å². The fourth-order valence-electron chi connectivity index (χ4n) is 3.46. The van der Waals surface area contributed by atoms with Crippen LogP contribution in [-0.2, 0) is 0 Å². The van der Waals surface area contributed by atoms with Gasteiger partial charge in [0.05, 0.1) is 7.11 Å². The summed E-state index contributed by atoms with van der Waals surface area (Å²) in [7, 11) is 1.69. The number of rotatable bonds is 5. The minimum absolute atomic E-state index is 0.0335. The summed E-state index contributed by atoms with van der Waals surface area (Å²) in [5.74, 6) is 2.32. The molecule has 3 heteroatoms. The SMILES string of the molecule is CCCC1CCC(C(N)c2cc(Cl)ccc2OC)CC1. The van der Waals surface area contributed by atoms with Gasteiger partial charge >= 0.3 is 0 Å². The fourth-order valence-corrected chi connectivity index (χ4v) is 3.64. The van der Waals surface area contributed by atoms with Crippen LogP contribution < -0.4 is 10.5 Å². The Kier molecular flexibility index (Phi) is 5.74. The summed E-state index contributed by atoms with van der Waals surface area (Å²) in [6.07, 6.45) is 7.74. The first-order valence-corrected chi connectivity index (χ1v) is 8.12. The van der Waals surface area contributed by atoms with Gasteiger partial charge < -0.3 is 10.5 Å². The van der Waals surface area contributed by atoms with Crippen LogP contribution in [0.5, 0.6) is 5.75 Å². The van der Waals surface area contributed by atoms with Crippen molar-refractivity contribution < 1.29 is 4.74 Å². The molecule has 1 atom stereocenters. The zero-order valence-corrected chi connectivity index (χ0v) is 13.3. The molecule has 1 aliphatic rings. The first-order valence-electron chi connectivity index (χ1n) is 7.74. The van der Waals surface area contributed by atoms with Crippen LogP contribution in [0.1, 0.15) is 57.1 Å². The molecular formula is C17H26ClNO. The highest BCUT2D eigenvalue weighted by molar-refractivity contribution is 6.30. The number of halogens is 1. The zero-order valence-electron chi connectivity index (χ0n) is 12.6. The molecule has 0 heterocycles. The van der Waals surface area contributed by atoms with E-state index in [0.717, 1.165) is 22.3 Å². The molecule has 0 amide bonds. The van der Waals surface area contributed by atoms with Crippen LogP contribution in [-0.4, -0.2) is 7.11 Å². The number of benzene rings is 1. The number of ether oxygens (including phenoxy) is 1. The smallest absolute Gasteiger partial charge is 0.123 e. The van der Waals surface area contributed by atoms with Gasteiger partial charge in [0.2, 0.25) is 0 Å². The maximum atomic E-state index is 6.50. The molecule has 1 saturated carbocycles. The van der Waals surface area contributed by atoms with Crippen molar-refractivity contribution in [1.82, 2.24) is 0 Å². The van der Waals surface area contributed by atoms with Crippen molar-refractivity contribution in [3.63, 3.8) is 0 Å². The third-order valence-corrected chi connectivity index (χ3v) is 4.88. The number of hydrogen-bond donors (Lipinski definition) is 1. The van der Waals surface area contributed by atoms with Crippen LogP contribution in [0.2, 0.25) is 5.02 Å². The van der Waals surface area contributed by atoms with Crippen LogP contribution in [0, 0.1) is 11.8 Å². The quantitative estimate of drug-likeness (QED) is 0.833. The van der Waals surface area contributed by atoms with Gasteiger partial charge in [0, 0.05) is 16.6 Å². The summed E-state index contributed by atoms with van der Waals surface area (Å²) in [6, 6.07) is 5.77. The first kappa shape index (κ1) is 15.7. The van der Waals surface area contributed by atoms with Gasteiger partial charge in [0.15, 0.2) is 0 Å². The van der Waals surface area contributed by atoms with Crippen molar-refractivity contribution in [1.29, 1.82) is 0 Å². The van der Waals surface area contributed by atoms with Gasteiger partial charge in [-0.05, 0) is 42.9 Å². The van der Waals surface area contributed by atoms with Crippen molar-refractivity contribution >= 4 is 11.6 Å². The Balaban J connectivity index is 2.05. The van der Waals surface area contributed by atoms with Crippen LogP contribution in [0.15, 0.2) is 18.2 Å². The molecule has 0 radical (unpaired) electrons. The topological polar surface area (TPSA) is 35.2 Å². The van der Waals surface area contributed by atoms with Crippen molar-refractivity contribution in [3.8, 4) is 5.75 Å². The fraction of sp³-hybridized carbons (Fsp3) is 0.647. The molecule has 2 nitrogen and oxygen atoms in total. The minimum atomic E-state index is 0.0335. The van der Waals surface area contributed by atoms with E-state index in [4.69, 9.17) is 22.1 Å². The Morgan fingerprint density at radius 2 is 2.00 bits per heavy atom. The summed E-state index contributed by atoms with van der Waals surface area (Å²) in [5, 5.41) is 0.732. The largest absolute Gasteiger partial charge is 0.496 e. The van der Waals surface area contributed by atoms with Crippen LogP contribution >= 0.6 is 11.6 Å². The zero-order chi connectivity index (χ0) is 14.5. The minimum Gasteiger partial charge on any atom is -0.496 e. The summed E-state index contributed by atoms with van der Waals surface area (Å²) in [5.41, 5.74) is 7.55. The van der Waals surface area contributed by atoms with E-state index in [1.54, 1.807) is 7.11 Å². The maximum Gasteiger partial charge on any atom is 0.123 e. The first-order chi connectivity index (χ1) is 9.65. The normalized spacial score (nSPS) is 24.4. The molecule has 1 aliphatic carbocycles. The number of nitrogens with two attached hydrogens (primary N) is 1. The van der Waals surface area contributed by atoms with E-state index in [1.807, 2.05) is 18.2 Å². The van der Waals surface area contributed by atoms with Crippen LogP contribution in [0.4, 0.5) is 0 Å². The second-order valence-electron chi connectivity index (χ2n) is 5.98. The average molecular weight is 296 g/mol. The van der Waals surface area contributed by atoms with Gasteiger partial charge in [-0.15, -0.1) is 0 Å². The van der Waals surface area contributed by atoms with Gasteiger partial charge in [-0.1, -0.05) is 44.2 Å². The predicted octanol–water partition coefficient (Wildman–Crippen LogP) is 4.95. The van der Waals surface area contributed by atoms with Crippen LogP contribution in [0.3, 0.4) is 0 Å². The van der Waals surface area contributed by atoms with E-state index in [1.165, 1.54) is 38.5 Å². The predicted molar refractivity (Wildman–Crippen MR) is 85.3 cm³/mol. The molecule has 1 aromatic rings. The standard InChI is InChI=1S/C17H26ClNO/c1-3-4-12-5-7-13(8-6-12)17(19)15-11-14(18)9-10-16(15)20-2/h9-13,17H,3-8,19H2,1-2H3.